The molecule has 1 spiro atoms. The summed E-state index contributed by atoms with van der Waals surface area (Å²) < 4.78 is 11.2. The van der Waals surface area contributed by atoms with Gasteiger partial charge in [-0.05, 0) is 45.7 Å². The lowest BCUT2D eigenvalue weighted by atomic mass is 9.94. The molecule has 2 heterocycles. The molecule has 2 fully saturated rings. The van der Waals surface area contributed by atoms with Gasteiger partial charge in [0.25, 0.3) is 0 Å². The van der Waals surface area contributed by atoms with Crippen LogP contribution in [-0.2, 0) is 9.47 Å². The Morgan fingerprint density at radius 1 is 1.26 bits per heavy atom. The molecule has 1 saturated heterocycles. The summed E-state index contributed by atoms with van der Waals surface area (Å²) in [6.45, 7) is 7.83. The van der Waals surface area contributed by atoms with E-state index in [1.165, 1.54) is 20.0 Å². The number of morpholine rings is 1. The molecule has 1 aromatic heterocycles. The molecule has 1 saturated carbocycles. The van der Waals surface area contributed by atoms with Crippen molar-refractivity contribution in [3.05, 3.63) is 23.4 Å². The zero-order valence-corrected chi connectivity index (χ0v) is 14.5. The summed E-state index contributed by atoms with van der Waals surface area (Å²) in [5.41, 5.74) is 0.996. The molecule has 126 valence electrons. The number of methoxy groups -OCH3 is 1. The highest BCUT2D eigenvalue weighted by atomic mass is 16.5. The van der Waals surface area contributed by atoms with Crippen LogP contribution in [0, 0.1) is 6.92 Å². The lowest BCUT2D eigenvalue weighted by molar-refractivity contribution is -0.148. The molecular weight excluding hydrogens is 292 g/mol. The predicted molar refractivity (Wildman–Crippen MR) is 88.9 cm³/mol. The van der Waals surface area contributed by atoms with Crippen molar-refractivity contribution >= 4 is 11.8 Å². The third-order valence-electron chi connectivity index (χ3n) is 4.86. The number of hydrogen-bond donors (Lipinski definition) is 0. The topological polar surface area (TPSA) is 51.7 Å². The number of rotatable bonds is 2. The Hall–Kier alpha value is -1.62. The van der Waals surface area contributed by atoms with Crippen LogP contribution in [0.1, 0.15) is 55.6 Å². The molecule has 5 nitrogen and oxygen atoms in total. The number of pyridine rings is 1. The second kappa shape index (κ2) is 5.78. The third-order valence-corrected chi connectivity index (χ3v) is 4.86. The number of aryl methyl sites for hydroxylation is 1. The number of ether oxygens (including phenoxy) is 2. The van der Waals surface area contributed by atoms with Gasteiger partial charge in [0.1, 0.15) is 5.82 Å². The summed E-state index contributed by atoms with van der Waals surface area (Å²) >= 11 is 0. The minimum Gasteiger partial charge on any atom is -0.465 e. The van der Waals surface area contributed by atoms with E-state index in [0.717, 1.165) is 31.7 Å². The molecular formula is C18H26N2O3. The van der Waals surface area contributed by atoms with E-state index >= 15 is 0 Å². The molecule has 0 atom stereocenters. The first-order chi connectivity index (χ1) is 10.8. The average molecular weight is 318 g/mol. The fourth-order valence-electron chi connectivity index (χ4n) is 4.01. The summed E-state index contributed by atoms with van der Waals surface area (Å²) in [5, 5.41) is 0. The van der Waals surface area contributed by atoms with Crippen LogP contribution in [0.3, 0.4) is 0 Å². The maximum atomic E-state index is 11.7. The molecule has 0 aromatic carbocycles. The van der Waals surface area contributed by atoms with E-state index in [1.54, 1.807) is 0 Å². The van der Waals surface area contributed by atoms with Gasteiger partial charge in [0, 0.05) is 13.1 Å². The van der Waals surface area contributed by atoms with Gasteiger partial charge in [-0.15, -0.1) is 0 Å². The number of anilines is 1. The first-order valence-electron chi connectivity index (χ1n) is 8.35. The van der Waals surface area contributed by atoms with Crippen LogP contribution in [0.25, 0.3) is 0 Å². The predicted octanol–water partition coefficient (Wildman–Crippen LogP) is 3.10. The van der Waals surface area contributed by atoms with Gasteiger partial charge >= 0.3 is 5.97 Å². The summed E-state index contributed by atoms with van der Waals surface area (Å²) in [6.07, 6.45) is 4.70. The Morgan fingerprint density at radius 2 is 1.96 bits per heavy atom. The van der Waals surface area contributed by atoms with Gasteiger partial charge in [-0.3, -0.25) is 0 Å². The highest BCUT2D eigenvalue weighted by Gasteiger charge is 2.46. The maximum Gasteiger partial charge on any atom is 0.339 e. The smallest absolute Gasteiger partial charge is 0.339 e. The molecule has 0 N–H and O–H groups in total. The van der Waals surface area contributed by atoms with Gasteiger partial charge in [0.05, 0.1) is 29.6 Å². The van der Waals surface area contributed by atoms with Crippen molar-refractivity contribution in [1.29, 1.82) is 0 Å². The van der Waals surface area contributed by atoms with Crippen molar-refractivity contribution < 1.29 is 14.3 Å². The Kier molecular flexibility index (Phi) is 4.08. The van der Waals surface area contributed by atoms with E-state index in [1.807, 2.05) is 19.1 Å². The van der Waals surface area contributed by atoms with Crippen LogP contribution in [0.4, 0.5) is 5.82 Å². The lowest BCUT2D eigenvalue weighted by Crippen LogP contribution is -2.59. The number of esters is 1. The number of carbonyl (C=O) groups excluding carboxylic acids is 1. The van der Waals surface area contributed by atoms with E-state index in [2.05, 4.69) is 23.7 Å². The monoisotopic (exact) mass is 318 g/mol. The molecule has 0 radical (unpaired) electrons. The van der Waals surface area contributed by atoms with E-state index in [4.69, 9.17) is 9.47 Å². The summed E-state index contributed by atoms with van der Waals surface area (Å²) in [4.78, 5) is 18.7. The summed E-state index contributed by atoms with van der Waals surface area (Å²) in [7, 11) is 1.39. The quantitative estimate of drug-likeness (QED) is 0.784. The van der Waals surface area contributed by atoms with Crippen molar-refractivity contribution in [2.45, 2.75) is 57.7 Å². The molecule has 1 aliphatic carbocycles. The Labute approximate surface area is 138 Å². The van der Waals surface area contributed by atoms with Crippen LogP contribution < -0.4 is 4.90 Å². The van der Waals surface area contributed by atoms with Crippen LogP contribution in [0.5, 0.6) is 0 Å². The third kappa shape index (κ3) is 3.20. The van der Waals surface area contributed by atoms with E-state index < -0.39 is 0 Å². The van der Waals surface area contributed by atoms with E-state index in [0.29, 0.717) is 11.3 Å². The van der Waals surface area contributed by atoms with E-state index in [-0.39, 0.29) is 17.2 Å². The molecule has 23 heavy (non-hydrogen) atoms. The normalized spacial score (nSPS) is 22.3. The fourth-order valence-corrected chi connectivity index (χ4v) is 4.01. The molecule has 1 aromatic rings. The standard InChI is InChI=1S/C18H26N2O3/c1-13-14(16(21)22-4)7-8-15(19-13)20-11-17(2,3)23-18(12-20)9-5-6-10-18/h7-8H,5-6,9-12H2,1-4H3. The second-order valence-electron chi connectivity index (χ2n) is 7.40. The number of nitrogens with zero attached hydrogens (tertiary/aromatic N) is 2. The highest BCUT2D eigenvalue weighted by molar-refractivity contribution is 5.90. The van der Waals surface area contributed by atoms with Crippen molar-refractivity contribution in [2.75, 3.05) is 25.1 Å². The summed E-state index contributed by atoms with van der Waals surface area (Å²) in [5.74, 6) is 0.578. The van der Waals surface area contributed by atoms with Crippen LogP contribution in [-0.4, -0.2) is 42.4 Å². The largest absolute Gasteiger partial charge is 0.465 e. The Balaban J connectivity index is 1.88. The van der Waals surface area contributed by atoms with Gasteiger partial charge < -0.3 is 14.4 Å². The highest BCUT2D eigenvalue weighted by Crippen LogP contribution is 2.41. The summed E-state index contributed by atoms with van der Waals surface area (Å²) in [6, 6.07) is 3.73. The first kappa shape index (κ1) is 16.2. The second-order valence-corrected chi connectivity index (χ2v) is 7.40. The molecule has 2 aliphatic rings. The maximum absolute atomic E-state index is 11.7. The van der Waals surface area contributed by atoms with Crippen molar-refractivity contribution in [3.8, 4) is 0 Å². The van der Waals surface area contributed by atoms with Gasteiger partial charge in [-0.2, -0.15) is 0 Å². The SMILES string of the molecule is COC(=O)c1ccc(N2CC(C)(C)OC3(CCCC3)C2)nc1C. The van der Waals surface area contributed by atoms with Gasteiger partial charge in [-0.1, -0.05) is 12.8 Å². The van der Waals surface area contributed by atoms with Gasteiger partial charge in [0.15, 0.2) is 0 Å². The zero-order valence-electron chi connectivity index (χ0n) is 14.5. The minimum absolute atomic E-state index is 0.0433. The zero-order chi connectivity index (χ0) is 16.7. The fraction of sp³-hybridized carbons (Fsp3) is 0.667. The molecule has 0 bridgehead atoms. The van der Waals surface area contributed by atoms with Crippen molar-refractivity contribution in [1.82, 2.24) is 4.98 Å². The molecule has 0 unspecified atom stereocenters. The number of carbonyl (C=O) groups is 1. The average Bonchev–Trinajstić information content (AvgIpc) is 2.91. The van der Waals surface area contributed by atoms with Gasteiger partial charge in [0.2, 0.25) is 0 Å². The lowest BCUT2D eigenvalue weighted by Gasteiger charge is -2.49. The molecule has 0 amide bonds. The van der Waals surface area contributed by atoms with E-state index in [9.17, 15) is 4.79 Å². The van der Waals surface area contributed by atoms with Crippen LogP contribution in [0.15, 0.2) is 12.1 Å². The first-order valence-corrected chi connectivity index (χ1v) is 8.35. The van der Waals surface area contributed by atoms with Crippen molar-refractivity contribution in [3.63, 3.8) is 0 Å². The number of hydrogen-bond acceptors (Lipinski definition) is 5. The van der Waals surface area contributed by atoms with Crippen LogP contribution in [0.2, 0.25) is 0 Å². The van der Waals surface area contributed by atoms with Gasteiger partial charge in [-0.25, -0.2) is 9.78 Å². The molecule has 3 rings (SSSR count). The minimum atomic E-state index is -0.337. The Bertz CT molecular complexity index is 606. The Morgan fingerprint density at radius 3 is 2.57 bits per heavy atom. The molecule has 5 heteroatoms. The van der Waals surface area contributed by atoms with Crippen LogP contribution >= 0.6 is 0 Å². The van der Waals surface area contributed by atoms with Crippen molar-refractivity contribution in [2.24, 2.45) is 0 Å². The number of aromatic nitrogens is 1. The molecule has 1 aliphatic heterocycles.